The number of aliphatic imine (C=N–C) groups is 1. The molecular weight excluding hydrogens is 477 g/mol. The van der Waals surface area contributed by atoms with E-state index in [2.05, 4.69) is 32.8 Å². The lowest BCUT2D eigenvalue weighted by molar-refractivity contribution is -0.140. The van der Waals surface area contributed by atoms with Gasteiger partial charge in [-0.3, -0.25) is 19.5 Å². The Balaban J connectivity index is 0.00000210. The van der Waals surface area contributed by atoms with Crippen LogP contribution in [0.1, 0.15) is 16.3 Å². The van der Waals surface area contributed by atoms with Gasteiger partial charge in [0.1, 0.15) is 5.01 Å². The zero-order valence-corrected chi connectivity index (χ0v) is 18.5. The molecule has 1 aromatic heterocycles. The monoisotopic (exact) mass is 501 g/mol. The molecular formula is C18H24IN5O2S. The second kappa shape index (κ2) is 8.26. The number of hydrogen-bond acceptors (Lipinski definition) is 5. The highest BCUT2D eigenvalue weighted by atomic mass is 127. The number of thiazole rings is 1. The summed E-state index contributed by atoms with van der Waals surface area (Å²) in [7, 11) is 1.70. The number of guanidine groups is 1. The molecule has 2 bridgehead atoms. The molecule has 1 saturated carbocycles. The predicted octanol–water partition coefficient (Wildman–Crippen LogP) is 1.54. The van der Waals surface area contributed by atoms with Gasteiger partial charge in [-0.15, -0.1) is 35.3 Å². The van der Waals surface area contributed by atoms with Crippen LogP contribution < -0.4 is 10.6 Å². The van der Waals surface area contributed by atoms with E-state index in [1.165, 1.54) is 9.78 Å². The number of aromatic nitrogens is 1. The van der Waals surface area contributed by atoms with Crippen molar-refractivity contribution >= 4 is 53.1 Å². The molecule has 9 heteroatoms. The molecule has 2 fully saturated rings. The number of halogens is 1. The molecule has 2 N–H and O–H groups in total. The van der Waals surface area contributed by atoms with Crippen LogP contribution in [-0.4, -0.2) is 47.8 Å². The number of rotatable bonds is 5. The van der Waals surface area contributed by atoms with E-state index in [1.807, 2.05) is 13.1 Å². The number of fused-ring (bicyclic) bond motifs is 5. The fourth-order valence-corrected chi connectivity index (χ4v) is 5.06. The molecule has 2 aliphatic carbocycles. The lowest BCUT2D eigenvalue weighted by atomic mass is 9.85. The Bertz CT molecular complexity index is 762. The summed E-state index contributed by atoms with van der Waals surface area (Å²) >= 11 is 1.64. The number of nitrogens with zero attached hydrogens (tertiary/aromatic N) is 3. The molecule has 7 nitrogen and oxygen atoms in total. The van der Waals surface area contributed by atoms with Crippen LogP contribution in [0, 0.1) is 30.6 Å². The van der Waals surface area contributed by atoms with E-state index in [4.69, 9.17) is 0 Å². The molecule has 1 saturated heterocycles. The van der Waals surface area contributed by atoms with Crippen LogP contribution in [0.3, 0.4) is 0 Å². The summed E-state index contributed by atoms with van der Waals surface area (Å²) in [6, 6.07) is 0. The Morgan fingerprint density at radius 1 is 1.26 bits per heavy atom. The molecule has 2 heterocycles. The standard InChI is InChI=1S/C18H23N5O2S.HI/c1-10-8-21-13(26-10)9-22-18(19-2)20-5-6-23-16(24)14-11-3-4-12(7-11)15(14)17(23)25;/h3-4,8,11-12,14-15H,5-7,9H2,1-2H3,(H2,19,20,22);1H. The second-order valence-corrected chi connectivity index (χ2v) is 8.36. The van der Waals surface area contributed by atoms with Gasteiger partial charge in [-0.1, -0.05) is 12.2 Å². The molecule has 0 radical (unpaired) electrons. The van der Waals surface area contributed by atoms with Gasteiger partial charge in [-0.25, -0.2) is 4.98 Å². The van der Waals surface area contributed by atoms with E-state index in [-0.39, 0.29) is 59.5 Å². The van der Waals surface area contributed by atoms with Crippen molar-refractivity contribution < 1.29 is 9.59 Å². The van der Waals surface area contributed by atoms with Crippen LogP contribution in [-0.2, 0) is 16.1 Å². The molecule has 0 spiro atoms. The zero-order valence-electron chi connectivity index (χ0n) is 15.3. The molecule has 1 aromatic rings. The third-order valence-electron chi connectivity index (χ3n) is 5.49. The molecule has 4 atom stereocenters. The molecule has 4 rings (SSSR count). The normalized spacial score (nSPS) is 28.5. The minimum Gasteiger partial charge on any atom is -0.355 e. The summed E-state index contributed by atoms with van der Waals surface area (Å²) in [5, 5.41) is 7.36. The minimum absolute atomic E-state index is 0. The smallest absolute Gasteiger partial charge is 0.233 e. The quantitative estimate of drug-likeness (QED) is 0.210. The highest BCUT2D eigenvalue weighted by Crippen LogP contribution is 2.52. The molecule has 27 heavy (non-hydrogen) atoms. The molecule has 2 amide bonds. The van der Waals surface area contributed by atoms with Gasteiger partial charge in [0.25, 0.3) is 0 Å². The Kier molecular flexibility index (Phi) is 6.19. The van der Waals surface area contributed by atoms with Gasteiger partial charge in [0.05, 0.1) is 18.4 Å². The number of likely N-dealkylation sites (tertiary alicyclic amines) is 1. The highest BCUT2D eigenvalue weighted by Gasteiger charge is 2.58. The van der Waals surface area contributed by atoms with Crippen molar-refractivity contribution in [2.24, 2.45) is 28.7 Å². The summed E-state index contributed by atoms with van der Waals surface area (Å²) in [6.07, 6.45) is 7.04. The zero-order chi connectivity index (χ0) is 18.3. The van der Waals surface area contributed by atoms with E-state index < -0.39 is 0 Å². The van der Waals surface area contributed by atoms with E-state index in [1.54, 1.807) is 18.4 Å². The van der Waals surface area contributed by atoms with Crippen molar-refractivity contribution in [1.29, 1.82) is 0 Å². The summed E-state index contributed by atoms with van der Waals surface area (Å²) in [4.78, 5) is 36.4. The van der Waals surface area contributed by atoms with Crippen LogP contribution in [0.5, 0.6) is 0 Å². The number of carbonyl (C=O) groups is 2. The van der Waals surface area contributed by atoms with Crippen LogP contribution in [0.25, 0.3) is 0 Å². The Morgan fingerprint density at radius 3 is 2.48 bits per heavy atom. The van der Waals surface area contributed by atoms with E-state index >= 15 is 0 Å². The topological polar surface area (TPSA) is 86.7 Å². The summed E-state index contributed by atoms with van der Waals surface area (Å²) < 4.78 is 0. The SMILES string of the molecule is CN=C(NCCN1C(=O)C2C3C=CC(C3)C2C1=O)NCc1ncc(C)s1.I. The fourth-order valence-electron chi connectivity index (χ4n) is 4.33. The first-order chi connectivity index (χ1) is 12.6. The maximum atomic E-state index is 12.6. The summed E-state index contributed by atoms with van der Waals surface area (Å²) in [6.45, 7) is 3.48. The van der Waals surface area contributed by atoms with Gasteiger partial charge in [0, 0.05) is 31.2 Å². The first-order valence-electron chi connectivity index (χ1n) is 8.98. The van der Waals surface area contributed by atoms with E-state index in [0.717, 1.165) is 11.4 Å². The lowest BCUT2D eigenvalue weighted by Gasteiger charge is -2.18. The third kappa shape index (κ3) is 3.75. The number of carbonyl (C=O) groups excluding carboxylic acids is 2. The van der Waals surface area contributed by atoms with Gasteiger partial charge in [0.2, 0.25) is 11.8 Å². The van der Waals surface area contributed by atoms with Crippen LogP contribution in [0.15, 0.2) is 23.3 Å². The Morgan fingerprint density at radius 2 is 1.93 bits per heavy atom. The maximum Gasteiger partial charge on any atom is 0.233 e. The number of allylic oxidation sites excluding steroid dienone is 2. The van der Waals surface area contributed by atoms with Crippen LogP contribution in [0.4, 0.5) is 0 Å². The summed E-state index contributed by atoms with van der Waals surface area (Å²) in [5.41, 5.74) is 0. The maximum absolute atomic E-state index is 12.6. The largest absolute Gasteiger partial charge is 0.355 e. The van der Waals surface area contributed by atoms with Crippen molar-refractivity contribution in [2.75, 3.05) is 20.1 Å². The Hall–Kier alpha value is -1.49. The van der Waals surface area contributed by atoms with Crippen molar-refractivity contribution in [2.45, 2.75) is 19.9 Å². The van der Waals surface area contributed by atoms with Crippen molar-refractivity contribution in [3.8, 4) is 0 Å². The third-order valence-corrected chi connectivity index (χ3v) is 6.40. The average molecular weight is 501 g/mol. The number of hydrogen-bond donors (Lipinski definition) is 2. The average Bonchev–Trinajstić information content (AvgIpc) is 3.38. The second-order valence-electron chi connectivity index (χ2n) is 7.05. The molecule has 1 aliphatic heterocycles. The molecule has 146 valence electrons. The van der Waals surface area contributed by atoms with Crippen molar-refractivity contribution in [3.63, 3.8) is 0 Å². The number of aryl methyl sites for hydroxylation is 1. The van der Waals surface area contributed by atoms with Crippen molar-refractivity contribution in [1.82, 2.24) is 20.5 Å². The number of imide groups is 1. The van der Waals surface area contributed by atoms with E-state index in [0.29, 0.717) is 25.6 Å². The number of nitrogens with one attached hydrogen (secondary N) is 2. The van der Waals surface area contributed by atoms with Gasteiger partial charge >= 0.3 is 0 Å². The Labute approximate surface area is 179 Å². The molecule has 4 unspecified atom stereocenters. The van der Waals surface area contributed by atoms with Crippen molar-refractivity contribution in [3.05, 3.63) is 28.2 Å². The first-order valence-corrected chi connectivity index (χ1v) is 9.79. The highest BCUT2D eigenvalue weighted by molar-refractivity contribution is 14.0. The van der Waals surface area contributed by atoms with Crippen LogP contribution >= 0.6 is 35.3 Å². The minimum atomic E-state index is -0.122. The molecule has 0 aromatic carbocycles. The lowest BCUT2D eigenvalue weighted by Crippen LogP contribution is -2.43. The summed E-state index contributed by atoms with van der Waals surface area (Å²) in [5.74, 6) is 0.913. The van der Waals surface area contributed by atoms with Crippen LogP contribution in [0.2, 0.25) is 0 Å². The fraction of sp³-hybridized carbons (Fsp3) is 0.556. The van der Waals surface area contributed by atoms with Gasteiger partial charge in [-0.2, -0.15) is 0 Å². The van der Waals surface area contributed by atoms with Gasteiger partial charge in [0.15, 0.2) is 5.96 Å². The van der Waals surface area contributed by atoms with Gasteiger partial charge in [-0.05, 0) is 25.2 Å². The van der Waals surface area contributed by atoms with Gasteiger partial charge < -0.3 is 10.6 Å². The van der Waals surface area contributed by atoms with E-state index in [9.17, 15) is 9.59 Å². The number of amides is 2. The molecule has 3 aliphatic rings. The first kappa shape index (κ1) is 20.2. The predicted molar refractivity (Wildman–Crippen MR) is 115 cm³/mol.